The van der Waals surface area contributed by atoms with Crippen LogP contribution in [0.4, 0.5) is 4.79 Å². The van der Waals surface area contributed by atoms with Crippen molar-refractivity contribution in [3.05, 3.63) is 29.8 Å². The minimum atomic E-state index is -0.618. The van der Waals surface area contributed by atoms with Crippen LogP contribution in [0.2, 0.25) is 0 Å². The second-order valence-corrected chi connectivity index (χ2v) is 6.15. The molecule has 1 amide bonds. The van der Waals surface area contributed by atoms with Gasteiger partial charge in [0.2, 0.25) is 0 Å². The number of benzene rings is 1. The molecule has 2 unspecified atom stereocenters. The van der Waals surface area contributed by atoms with E-state index >= 15 is 0 Å². The Morgan fingerprint density at radius 1 is 1.25 bits per heavy atom. The number of nitrogens with zero attached hydrogens (tertiary/aromatic N) is 1. The molecule has 1 heterocycles. The minimum Gasteiger partial charge on any atom is -0.508 e. The number of ether oxygens (including phenoxy) is 1. The molecule has 1 saturated heterocycles. The van der Waals surface area contributed by atoms with Gasteiger partial charge in [-0.3, -0.25) is 0 Å². The number of carbonyl (C=O) groups is 1. The van der Waals surface area contributed by atoms with Crippen LogP contribution in [0.15, 0.2) is 24.3 Å². The number of hydrogen-bond acceptors (Lipinski definition) is 4. The summed E-state index contributed by atoms with van der Waals surface area (Å²) in [5, 5.41) is 19.4. The fourth-order valence-electron chi connectivity index (χ4n) is 2.31. The van der Waals surface area contributed by atoms with Crippen molar-refractivity contribution in [2.75, 3.05) is 13.1 Å². The summed E-state index contributed by atoms with van der Waals surface area (Å²) in [7, 11) is 0. The average molecular weight is 279 g/mol. The number of rotatable bonds is 1. The molecule has 2 rings (SSSR count). The van der Waals surface area contributed by atoms with Crippen LogP contribution < -0.4 is 0 Å². The summed E-state index contributed by atoms with van der Waals surface area (Å²) in [5.74, 6) is 0.0355. The Kier molecular flexibility index (Phi) is 3.90. The van der Waals surface area contributed by atoms with Gasteiger partial charge in [0.25, 0.3) is 0 Å². The van der Waals surface area contributed by atoms with Gasteiger partial charge in [0.1, 0.15) is 11.4 Å². The summed E-state index contributed by atoms with van der Waals surface area (Å²) in [6.07, 6.45) is -1.02. The van der Waals surface area contributed by atoms with E-state index in [1.54, 1.807) is 24.3 Å². The molecule has 20 heavy (non-hydrogen) atoms. The summed E-state index contributed by atoms with van der Waals surface area (Å²) >= 11 is 0. The lowest BCUT2D eigenvalue weighted by Gasteiger charge is -2.24. The molecule has 1 aromatic carbocycles. The molecular formula is C15H21NO4. The highest BCUT2D eigenvalue weighted by molar-refractivity contribution is 5.69. The van der Waals surface area contributed by atoms with Crippen LogP contribution in [0.5, 0.6) is 5.75 Å². The van der Waals surface area contributed by atoms with Crippen molar-refractivity contribution >= 4 is 6.09 Å². The molecule has 1 aromatic rings. The van der Waals surface area contributed by atoms with Gasteiger partial charge >= 0.3 is 6.09 Å². The molecule has 0 radical (unpaired) electrons. The molecule has 1 aliphatic heterocycles. The third kappa shape index (κ3) is 3.42. The van der Waals surface area contributed by atoms with Gasteiger partial charge in [0.05, 0.1) is 12.6 Å². The fraction of sp³-hybridized carbons (Fsp3) is 0.533. The van der Waals surface area contributed by atoms with Gasteiger partial charge in [-0.2, -0.15) is 0 Å². The third-order valence-electron chi connectivity index (χ3n) is 3.26. The summed E-state index contributed by atoms with van der Waals surface area (Å²) in [5.41, 5.74) is 0.361. The van der Waals surface area contributed by atoms with Crippen LogP contribution in [0.1, 0.15) is 32.3 Å². The number of amides is 1. The summed E-state index contributed by atoms with van der Waals surface area (Å²) < 4.78 is 5.31. The van der Waals surface area contributed by atoms with Gasteiger partial charge in [0, 0.05) is 12.5 Å². The number of phenols is 1. The molecule has 1 fully saturated rings. The number of β-amino-alcohol motifs (C(OH)–C–C–N with tert-alkyl or cyclic N) is 1. The number of likely N-dealkylation sites (tertiary alicyclic amines) is 1. The summed E-state index contributed by atoms with van der Waals surface area (Å²) in [6.45, 7) is 6.12. The van der Waals surface area contributed by atoms with Gasteiger partial charge in [-0.25, -0.2) is 4.79 Å². The second-order valence-electron chi connectivity index (χ2n) is 6.15. The van der Waals surface area contributed by atoms with Crippen molar-refractivity contribution in [3.63, 3.8) is 0 Å². The highest BCUT2D eigenvalue weighted by atomic mass is 16.6. The molecule has 0 bridgehead atoms. The Labute approximate surface area is 118 Å². The van der Waals surface area contributed by atoms with E-state index < -0.39 is 17.8 Å². The lowest BCUT2D eigenvalue weighted by atomic mass is 9.96. The number of aliphatic hydroxyl groups excluding tert-OH is 1. The van der Waals surface area contributed by atoms with Gasteiger partial charge in [0.15, 0.2) is 0 Å². The van der Waals surface area contributed by atoms with E-state index in [1.807, 2.05) is 20.8 Å². The number of phenolic OH excluding ortho intramolecular Hbond substituents is 1. The summed E-state index contributed by atoms with van der Waals surface area (Å²) in [6, 6.07) is 6.69. The maximum atomic E-state index is 12.0. The molecule has 2 atom stereocenters. The number of aliphatic hydroxyl groups is 1. The van der Waals surface area contributed by atoms with E-state index in [0.717, 1.165) is 5.56 Å². The summed E-state index contributed by atoms with van der Waals surface area (Å²) in [4.78, 5) is 13.5. The molecule has 1 aliphatic rings. The Morgan fingerprint density at radius 2 is 1.85 bits per heavy atom. The standard InChI is InChI=1S/C15H21NO4/c1-15(2,3)20-14(19)16-8-12(13(18)9-16)10-4-6-11(17)7-5-10/h4-7,12-13,17-18H,8-9H2,1-3H3. The maximum Gasteiger partial charge on any atom is 0.410 e. The Bertz CT molecular complexity index is 478. The average Bonchev–Trinajstić information content (AvgIpc) is 2.70. The first-order valence-corrected chi connectivity index (χ1v) is 6.71. The van der Waals surface area contributed by atoms with Crippen molar-refractivity contribution in [3.8, 4) is 5.75 Å². The Hall–Kier alpha value is -1.75. The zero-order valence-electron chi connectivity index (χ0n) is 12.0. The monoisotopic (exact) mass is 279 g/mol. The van der Waals surface area contributed by atoms with Crippen molar-refractivity contribution in [2.45, 2.75) is 38.4 Å². The van der Waals surface area contributed by atoms with Crippen molar-refractivity contribution in [1.82, 2.24) is 4.90 Å². The fourth-order valence-corrected chi connectivity index (χ4v) is 2.31. The molecule has 0 aliphatic carbocycles. The quantitative estimate of drug-likeness (QED) is 0.826. The predicted molar refractivity (Wildman–Crippen MR) is 74.7 cm³/mol. The molecule has 0 saturated carbocycles. The molecule has 0 aromatic heterocycles. The molecular weight excluding hydrogens is 258 g/mol. The highest BCUT2D eigenvalue weighted by Crippen LogP contribution is 2.29. The second kappa shape index (κ2) is 5.32. The van der Waals surface area contributed by atoms with Crippen LogP contribution in [-0.4, -0.2) is 46.0 Å². The van der Waals surface area contributed by atoms with Gasteiger partial charge in [-0.1, -0.05) is 12.1 Å². The first kappa shape index (κ1) is 14.7. The van der Waals surface area contributed by atoms with Gasteiger partial charge in [-0.15, -0.1) is 0 Å². The number of carbonyl (C=O) groups excluding carboxylic acids is 1. The Morgan fingerprint density at radius 3 is 2.40 bits per heavy atom. The van der Waals surface area contributed by atoms with E-state index in [4.69, 9.17) is 4.74 Å². The zero-order valence-corrected chi connectivity index (χ0v) is 12.0. The number of aromatic hydroxyl groups is 1. The molecule has 0 spiro atoms. The van der Waals surface area contributed by atoms with E-state index in [1.165, 1.54) is 4.90 Å². The highest BCUT2D eigenvalue weighted by Gasteiger charge is 2.36. The first-order valence-electron chi connectivity index (χ1n) is 6.71. The zero-order chi connectivity index (χ0) is 14.9. The molecule has 5 nitrogen and oxygen atoms in total. The van der Waals surface area contributed by atoms with Crippen LogP contribution in [0.25, 0.3) is 0 Å². The minimum absolute atomic E-state index is 0.150. The van der Waals surface area contributed by atoms with E-state index in [0.29, 0.717) is 6.54 Å². The maximum absolute atomic E-state index is 12.0. The predicted octanol–water partition coefficient (Wildman–Crippen LogP) is 2.09. The molecule has 2 N–H and O–H groups in total. The Balaban J connectivity index is 2.05. The van der Waals surface area contributed by atoms with E-state index in [2.05, 4.69) is 0 Å². The van der Waals surface area contributed by atoms with Crippen molar-refractivity contribution < 1.29 is 19.7 Å². The lowest BCUT2D eigenvalue weighted by Crippen LogP contribution is -2.35. The van der Waals surface area contributed by atoms with Crippen LogP contribution in [0, 0.1) is 0 Å². The topological polar surface area (TPSA) is 70.0 Å². The van der Waals surface area contributed by atoms with Crippen molar-refractivity contribution in [2.24, 2.45) is 0 Å². The third-order valence-corrected chi connectivity index (χ3v) is 3.26. The van der Waals surface area contributed by atoms with Crippen LogP contribution in [-0.2, 0) is 4.74 Å². The number of hydrogen-bond donors (Lipinski definition) is 2. The van der Waals surface area contributed by atoms with E-state index in [-0.39, 0.29) is 18.2 Å². The smallest absolute Gasteiger partial charge is 0.410 e. The molecule has 110 valence electrons. The van der Waals surface area contributed by atoms with Gasteiger partial charge < -0.3 is 19.8 Å². The first-order chi connectivity index (χ1) is 9.26. The van der Waals surface area contributed by atoms with Gasteiger partial charge in [-0.05, 0) is 38.5 Å². The van der Waals surface area contributed by atoms with Crippen LogP contribution in [0.3, 0.4) is 0 Å². The molecule has 5 heteroatoms. The van der Waals surface area contributed by atoms with E-state index in [9.17, 15) is 15.0 Å². The van der Waals surface area contributed by atoms with Crippen LogP contribution >= 0.6 is 0 Å². The lowest BCUT2D eigenvalue weighted by molar-refractivity contribution is 0.0270. The largest absolute Gasteiger partial charge is 0.508 e. The normalized spacial score (nSPS) is 22.9. The van der Waals surface area contributed by atoms with Crippen molar-refractivity contribution in [1.29, 1.82) is 0 Å². The SMILES string of the molecule is CC(C)(C)OC(=O)N1CC(O)C(c2ccc(O)cc2)C1.